The van der Waals surface area contributed by atoms with Gasteiger partial charge in [-0.1, -0.05) is 23.9 Å². The van der Waals surface area contributed by atoms with Crippen LogP contribution in [0.2, 0.25) is 0 Å². The lowest BCUT2D eigenvalue weighted by Gasteiger charge is -2.34. The van der Waals surface area contributed by atoms with Crippen molar-refractivity contribution in [2.24, 2.45) is 0 Å². The Morgan fingerprint density at radius 3 is 2.32 bits per heavy atom. The average Bonchev–Trinajstić information content (AvgIpc) is 3.27. The summed E-state index contributed by atoms with van der Waals surface area (Å²) in [6.45, 7) is 4.11. The maximum Gasteiger partial charge on any atom is 0.335 e. The topological polar surface area (TPSA) is 108 Å². The molecule has 0 radical (unpaired) electrons. The SMILES string of the molecule is CN1CCN(c2ccc(C(O)CSc3nnnn3-c3ccc(C(=O)O)cc3)cc2)CC1. The third-order valence-electron chi connectivity index (χ3n) is 5.32. The van der Waals surface area contributed by atoms with Gasteiger partial charge in [0.2, 0.25) is 5.16 Å². The summed E-state index contributed by atoms with van der Waals surface area (Å²) in [7, 11) is 2.13. The van der Waals surface area contributed by atoms with E-state index in [1.165, 1.54) is 34.3 Å². The molecule has 9 nitrogen and oxygen atoms in total. The number of benzene rings is 2. The predicted molar refractivity (Wildman–Crippen MR) is 118 cm³/mol. The van der Waals surface area contributed by atoms with Gasteiger partial charge in [-0.05, 0) is 59.4 Å². The molecule has 1 fully saturated rings. The van der Waals surface area contributed by atoms with Gasteiger partial charge >= 0.3 is 5.97 Å². The van der Waals surface area contributed by atoms with Crippen LogP contribution in [0.4, 0.5) is 5.69 Å². The number of aromatic nitrogens is 4. The van der Waals surface area contributed by atoms with Crippen LogP contribution in [0, 0.1) is 0 Å². The number of thioether (sulfide) groups is 1. The van der Waals surface area contributed by atoms with E-state index in [4.69, 9.17) is 5.11 Å². The van der Waals surface area contributed by atoms with Crippen molar-refractivity contribution in [3.63, 3.8) is 0 Å². The van der Waals surface area contributed by atoms with Crippen LogP contribution in [-0.4, -0.2) is 80.3 Å². The molecule has 162 valence electrons. The van der Waals surface area contributed by atoms with E-state index in [0.717, 1.165) is 31.7 Å². The molecule has 2 aromatic carbocycles. The van der Waals surface area contributed by atoms with Gasteiger partial charge in [-0.25, -0.2) is 4.79 Å². The first-order valence-corrected chi connectivity index (χ1v) is 11.0. The molecule has 2 heterocycles. The lowest BCUT2D eigenvalue weighted by Crippen LogP contribution is -2.44. The van der Waals surface area contributed by atoms with Crippen LogP contribution in [0.1, 0.15) is 22.0 Å². The number of aliphatic hydroxyl groups is 1. The number of carbonyl (C=O) groups is 1. The van der Waals surface area contributed by atoms with Crippen LogP contribution in [0.3, 0.4) is 0 Å². The summed E-state index contributed by atoms with van der Waals surface area (Å²) in [4.78, 5) is 15.7. The van der Waals surface area contributed by atoms with Crippen molar-refractivity contribution in [1.82, 2.24) is 25.1 Å². The molecule has 3 aromatic rings. The molecule has 1 aliphatic heterocycles. The number of aliphatic hydroxyl groups excluding tert-OH is 1. The zero-order valence-corrected chi connectivity index (χ0v) is 17.9. The zero-order chi connectivity index (χ0) is 21.8. The molecule has 0 spiro atoms. The monoisotopic (exact) mass is 440 g/mol. The second-order valence-electron chi connectivity index (χ2n) is 7.43. The second kappa shape index (κ2) is 9.46. The van der Waals surface area contributed by atoms with E-state index in [2.05, 4.69) is 44.5 Å². The van der Waals surface area contributed by atoms with Gasteiger partial charge in [-0.2, -0.15) is 4.68 Å². The molecule has 4 rings (SSSR count). The van der Waals surface area contributed by atoms with Crippen molar-refractivity contribution >= 4 is 23.4 Å². The fourth-order valence-corrected chi connectivity index (χ4v) is 4.26. The van der Waals surface area contributed by atoms with E-state index < -0.39 is 12.1 Å². The highest BCUT2D eigenvalue weighted by molar-refractivity contribution is 7.99. The molecule has 31 heavy (non-hydrogen) atoms. The van der Waals surface area contributed by atoms with Gasteiger partial charge in [0.1, 0.15) is 0 Å². The molecule has 1 aliphatic rings. The van der Waals surface area contributed by atoms with E-state index >= 15 is 0 Å². The average molecular weight is 441 g/mol. The van der Waals surface area contributed by atoms with Gasteiger partial charge < -0.3 is 20.0 Å². The Balaban J connectivity index is 1.37. The van der Waals surface area contributed by atoms with Crippen molar-refractivity contribution in [1.29, 1.82) is 0 Å². The van der Waals surface area contributed by atoms with Gasteiger partial charge in [0, 0.05) is 37.6 Å². The third kappa shape index (κ3) is 5.04. The van der Waals surface area contributed by atoms with Crippen molar-refractivity contribution in [3.05, 3.63) is 59.7 Å². The largest absolute Gasteiger partial charge is 0.478 e. The molecule has 0 amide bonds. The van der Waals surface area contributed by atoms with E-state index in [0.29, 0.717) is 16.6 Å². The standard InChI is InChI=1S/C21H24N6O3S/c1-25-10-12-26(13-11-25)17-6-2-15(3-7-17)19(28)14-31-21-22-23-24-27(21)18-8-4-16(5-9-18)20(29)30/h2-9,19,28H,10-14H2,1H3,(H,29,30). The molecule has 0 aliphatic carbocycles. The number of carboxylic acid groups (broad SMARTS) is 1. The van der Waals surface area contributed by atoms with Crippen molar-refractivity contribution in [2.45, 2.75) is 11.3 Å². The zero-order valence-electron chi connectivity index (χ0n) is 17.1. The highest BCUT2D eigenvalue weighted by Gasteiger charge is 2.17. The summed E-state index contributed by atoms with van der Waals surface area (Å²) < 4.78 is 1.53. The number of piperazine rings is 1. The number of hydrogen-bond acceptors (Lipinski definition) is 8. The Morgan fingerprint density at radius 1 is 1.03 bits per heavy atom. The first-order valence-electron chi connectivity index (χ1n) is 9.97. The minimum Gasteiger partial charge on any atom is -0.478 e. The molecule has 0 saturated carbocycles. The summed E-state index contributed by atoms with van der Waals surface area (Å²) in [5.74, 6) is -0.596. The number of hydrogen-bond donors (Lipinski definition) is 2. The van der Waals surface area contributed by atoms with Gasteiger partial charge in [-0.3, -0.25) is 0 Å². The first kappa shape index (κ1) is 21.3. The van der Waals surface area contributed by atoms with Crippen molar-refractivity contribution < 1.29 is 15.0 Å². The number of aromatic carboxylic acids is 1. The fourth-order valence-electron chi connectivity index (χ4n) is 3.40. The number of carboxylic acids is 1. The highest BCUT2D eigenvalue weighted by atomic mass is 32.2. The smallest absolute Gasteiger partial charge is 0.335 e. The molecule has 1 unspecified atom stereocenters. The first-order chi connectivity index (χ1) is 15.0. The Labute approximate surface area is 184 Å². The Morgan fingerprint density at radius 2 is 1.68 bits per heavy atom. The van der Waals surface area contributed by atoms with Gasteiger partial charge in [-0.15, -0.1) is 5.10 Å². The highest BCUT2D eigenvalue weighted by Crippen LogP contribution is 2.26. The summed E-state index contributed by atoms with van der Waals surface area (Å²) >= 11 is 1.34. The fraction of sp³-hybridized carbons (Fsp3) is 0.333. The van der Waals surface area contributed by atoms with Crippen molar-refractivity contribution in [3.8, 4) is 5.69 Å². The number of nitrogens with zero attached hydrogens (tertiary/aromatic N) is 6. The molecular weight excluding hydrogens is 416 g/mol. The summed E-state index contributed by atoms with van der Waals surface area (Å²) in [5.41, 5.74) is 2.87. The summed E-state index contributed by atoms with van der Waals surface area (Å²) in [5, 5.41) is 31.9. The van der Waals surface area contributed by atoms with Crippen molar-refractivity contribution in [2.75, 3.05) is 43.9 Å². The summed E-state index contributed by atoms with van der Waals surface area (Å²) in [6, 6.07) is 14.4. The number of likely N-dealkylation sites (N-methyl/N-ethyl adjacent to an activating group) is 1. The quantitative estimate of drug-likeness (QED) is 0.533. The van der Waals surface area contributed by atoms with E-state index in [1.807, 2.05) is 12.1 Å². The molecule has 0 bridgehead atoms. The van der Waals surface area contributed by atoms with E-state index in [9.17, 15) is 9.90 Å². The van der Waals surface area contributed by atoms with Crippen LogP contribution in [0.25, 0.3) is 5.69 Å². The van der Waals surface area contributed by atoms with E-state index in [1.54, 1.807) is 12.1 Å². The lowest BCUT2D eigenvalue weighted by atomic mass is 10.1. The molecule has 10 heteroatoms. The van der Waals surface area contributed by atoms with Crippen LogP contribution in [0.15, 0.2) is 53.7 Å². The van der Waals surface area contributed by atoms with Crippen LogP contribution < -0.4 is 4.90 Å². The van der Waals surface area contributed by atoms with Gasteiger partial charge in [0.25, 0.3) is 0 Å². The Kier molecular flexibility index (Phi) is 6.50. The molecule has 1 atom stereocenters. The minimum absolute atomic E-state index is 0.196. The van der Waals surface area contributed by atoms with Crippen LogP contribution in [-0.2, 0) is 0 Å². The summed E-state index contributed by atoms with van der Waals surface area (Å²) in [6.07, 6.45) is -0.661. The third-order valence-corrected chi connectivity index (χ3v) is 6.31. The number of anilines is 1. The van der Waals surface area contributed by atoms with Crippen LogP contribution >= 0.6 is 11.8 Å². The second-order valence-corrected chi connectivity index (χ2v) is 8.42. The molecule has 1 saturated heterocycles. The maximum atomic E-state index is 11.0. The maximum absolute atomic E-state index is 11.0. The Hall–Kier alpha value is -2.95. The number of rotatable bonds is 7. The molecule has 2 N–H and O–H groups in total. The molecular formula is C21H24N6O3S. The Bertz CT molecular complexity index is 1020. The van der Waals surface area contributed by atoms with Crippen LogP contribution in [0.5, 0.6) is 0 Å². The van der Waals surface area contributed by atoms with E-state index in [-0.39, 0.29) is 5.56 Å². The minimum atomic E-state index is -0.986. The molecule has 1 aromatic heterocycles. The predicted octanol–water partition coefficient (Wildman–Crippen LogP) is 1.94. The number of tetrazole rings is 1. The van der Waals surface area contributed by atoms with Gasteiger partial charge in [0.05, 0.1) is 17.4 Å². The normalized spacial score (nSPS) is 15.7. The lowest BCUT2D eigenvalue weighted by molar-refractivity contribution is 0.0697. The van der Waals surface area contributed by atoms with Gasteiger partial charge in [0.15, 0.2) is 0 Å².